The van der Waals surface area contributed by atoms with Crippen LogP contribution in [0.1, 0.15) is 6.42 Å². The molecule has 0 saturated carbocycles. The molecule has 23 heavy (non-hydrogen) atoms. The highest BCUT2D eigenvalue weighted by Gasteiger charge is 2.11. The number of benzene rings is 1. The Hall–Kier alpha value is -2.15. The van der Waals surface area contributed by atoms with E-state index in [9.17, 15) is 4.79 Å². The molecule has 1 unspecified atom stereocenters. The second-order valence-electron chi connectivity index (χ2n) is 4.79. The van der Waals surface area contributed by atoms with E-state index in [1.165, 1.54) is 13.3 Å². The van der Waals surface area contributed by atoms with E-state index in [0.717, 1.165) is 0 Å². The average molecular weight is 336 g/mol. The minimum Gasteiger partial charge on any atom is -0.439 e. The number of amides is 1. The largest absolute Gasteiger partial charge is 0.439 e. The van der Waals surface area contributed by atoms with E-state index in [4.69, 9.17) is 26.8 Å². The number of methoxy groups -OCH3 is 1. The summed E-state index contributed by atoms with van der Waals surface area (Å²) in [6.07, 6.45) is 1.43. The first kappa shape index (κ1) is 17.2. The molecule has 1 aromatic heterocycles. The van der Waals surface area contributed by atoms with Crippen molar-refractivity contribution in [3.63, 3.8) is 0 Å². The highest BCUT2D eigenvalue weighted by molar-refractivity contribution is 6.30. The van der Waals surface area contributed by atoms with Crippen LogP contribution in [0.3, 0.4) is 0 Å². The standard InChI is InChI=1S/C16H18ClN3O3/c1-22-14(9-18)8-15(21)20-12-3-5-13(6-4-12)23-16-7-2-11(17)10-19-16/h2-7,10,14H,8-9,18H2,1H3,(H,20,21). The van der Waals surface area contributed by atoms with E-state index in [-0.39, 0.29) is 18.4 Å². The first-order chi connectivity index (χ1) is 11.1. The van der Waals surface area contributed by atoms with Crippen LogP contribution in [0.2, 0.25) is 5.02 Å². The van der Waals surface area contributed by atoms with Crippen molar-refractivity contribution < 1.29 is 14.3 Å². The number of nitrogens with zero attached hydrogens (tertiary/aromatic N) is 1. The first-order valence-electron chi connectivity index (χ1n) is 7.03. The van der Waals surface area contributed by atoms with Crippen LogP contribution in [-0.4, -0.2) is 30.6 Å². The number of rotatable bonds is 7. The quantitative estimate of drug-likeness (QED) is 0.812. The lowest BCUT2D eigenvalue weighted by Crippen LogP contribution is -2.28. The molecule has 0 saturated heterocycles. The number of carbonyl (C=O) groups is 1. The molecule has 6 nitrogen and oxygen atoms in total. The third-order valence-electron chi connectivity index (χ3n) is 3.07. The second kappa shape index (κ2) is 8.47. The van der Waals surface area contributed by atoms with E-state index < -0.39 is 0 Å². The van der Waals surface area contributed by atoms with E-state index in [1.54, 1.807) is 36.4 Å². The average Bonchev–Trinajstić information content (AvgIpc) is 2.56. The molecular formula is C16H18ClN3O3. The lowest BCUT2D eigenvalue weighted by Gasteiger charge is -2.12. The molecule has 0 fully saturated rings. The molecule has 1 heterocycles. The highest BCUT2D eigenvalue weighted by atomic mass is 35.5. The molecule has 0 spiro atoms. The predicted octanol–water partition coefficient (Wildman–Crippen LogP) is 2.83. The Labute approximate surface area is 139 Å². The summed E-state index contributed by atoms with van der Waals surface area (Å²) in [5.74, 6) is 0.891. The zero-order valence-electron chi connectivity index (χ0n) is 12.7. The minimum absolute atomic E-state index is 0.157. The Kier molecular flexibility index (Phi) is 6.34. The zero-order valence-corrected chi connectivity index (χ0v) is 13.4. The van der Waals surface area contributed by atoms with Crippen LogP contribution in [0, 0.1) is 0 Å². The van der Waals surface area contributed by atoms with Crippen molar-refractivity contribution in [2.45, 2.75) is 12.5 Å². The van der Waals surface area contributed by atoms with Crippen LogP contribution in [-0.2, 0) is 9.53 Å². The summed E-state index contributed by atoms with van der Waals surface area (Å²) < 4.78 is 10.7. The molecule has 0 radical (unpaired) electrons. The molecule has 0 bridgehead atoms. The summed E-state index contributed by atoms with van der Waals surface area (Å²) in [4.78, 5) is 15.9. The molecule has 7 heteroatoms. The summed E-state index contributed by atoms with van der Waals surface area (Å²) in [7, 11) is 1.53. The maximum absolute atomic E-state index is 11.8. The molecule has 0 aliphatic rings. The Balaban J connectivity index is 1.91. The molecule has 122 valence electrons. The van der Waals surface area contributed by atoms with Gasteiger partial charge in [-0.15, -0.1) is 0 Å². The van der Waals surface area contributed by atoms with Crippen LogP contribution >= 0.6 is 11.6 Å². The summed E-state index contributed by atoms with van der Waals surface area (Å²) in [5, 5.41) is 3.32. The van der Waals surface area contributed by atoms with E-state index in [0.29, 0.717) is 28.9 Å². The normalized spacial score (nSPS) is 11.8. The smallest absolute Gasteiger partial charge is 0.227 e. The number of hydrogen-bond donors (Lipinski definition) is 2. The monoisotopic (exact) mass is 335 g/mol. The first-order valence-corrected chi connectivity index (χ1v) is 7.40. The van der Waals surface area contributed by atoms with Gasteiger partial charge in [0.25, 0.3) is 0 Å². The van der Waals surface area contributed by atoms with Gasteiger partial charge < -0.3 is 20.5 Å². The van der Waals surface area contributed by atoms with Crippen molar-refractivity contribution >= 4 is 23.2 Å². The summed E-state index contributed by atoms with van der Waals surface area (Å²) in [5.41, 5.74) is 6.16. The fourth-order valence-electron chi connectivity index (χ4n) is 1.83. The van der Waals surface area contributed by atoms with Crippen molar-refractivity contribution in [3.05, 3.63) is 47.6 Å². The third-order valence-corrected chi connectivity index (χ3v) is 3.29. The van der Waals surface area contributed by atoms with Gasteiger partial charge in [-0.2, -0.15) is 0 Å². The van der Waals surface area contributed by atoms with Crippen molar-refractivity contribution in [1.82, 2.24) is 4.98 Å². The maximum Gasteiger partial charge on any atom is 0.227 e. The maximum atomic E-state index is 11.8. The lowest BCUT2D eigenvalue weighted by atomic mass is 10.2. The van der Waals surface area contributed by atoms with Crippen LogP contribution in [0.25, 0.3) is 0 Å². The molecule has 1 aromatic carbocycles. The topological polar surface area (TPSA) is 86.5 Å². The number of pyridine rings is 1. The number of anilines is 1. The van der Waals surface area contributed by atoms with Crippen molar-refractivity contribution in [3.8, 4) is 11.6 Å². The summed E-state index contributed by atoms with van der Waals surface area (Å²) >= 11 is 5.77. The number of carbonyl (C=O) groups excluding carboxylic acids is 1. The van der Waals surface area contributed by atoms with Gasteiger partial charge in [-0.3, -0.25) is 4.79 Å². The van der Waals surface area contributed by atoms with E-state index in [1.807, 2.05) is 0 Å². The minimum atomic E-state index is -0.284. The van der Waals surface area contributed by atoms with E-state index >= 15 is 0 Å². The van der Waals surface area contributed by atoms with Gasteiger partial charge in [-0.05, 0) is 30.3 Å². The van der Waals surface area contributed by atoms with Gasteiger partial charge in [-0.25, -0.2) is 4.98 Å². The molecule has 1 atom stereocenters. The van der Waals surface area contributed by atoms with Gasteiger partial charge in [0.15, 0.2) is 0 Å². The van der Waals surface area contributed by atoms with Gasteiger partial charge in [-0.1, -0.05) is 11.6 Å². The van der Waals surface area contributed by atoms with Crippen molar-refractivity contribution in [1.29, 1.82) is 0 Å². The zero-order chi connectivity index (χ0) is 16.7. The molecule has 0 aliphatic heterocycles. The Morgan fingerprint density at radius 2 is 2.04 bits per heavy atom. The van der Waals surface area contributed by atoms with Crippen LogP contribution in [0.4, 0.5) is 5.69 Å². The fourth-order valence-corrected chi connectivity index (χ4v) is 1.94. The summed E-state index contributed by atoms with van der Waals surface area (Å²) in [6.45, 7) is 0.296. The van der Waals surface area contributed by atoms with Crippen LogP contribution in [0.5, 0.6) is 11.6 Å². The molecule has 2 rings (SSSR count). The Bertz CT molecular complexity index is 628. The molecule has 1 amide bonds. The number of nitrogens with one attached hydrogen (secondary N) is 1. The Morgan fingerprint density at radius 3 is 2.61 bits per heavy atom. The number of hydrogen-bond acceptors (Lipinski definition) is 5. The number of halogens is 1. The SMILES string of the molecule is COC(CN)CC(=O)Nc1ccc(Oc2ccc(Cl)cn2)cc1. The van der Waals surface area contributed by atoms with Crippen molar-refractivity contribution in [2.24, 2.45) is 5.73 Å². The van der Waals surface area contributed by atoms with Crippen molar-refractivity contribution in [2.75, 3.05) is 19.0 Å². The molecule has 2 aromatic rings. The van der Waals surface area contributed by atoms with Gasteiger partial charge in [0, 0.05) is 31.6 Å². The number of ether oxygens (including phenoxy) is 2. The lowest BCUT2D eigenvalue weighted by molar-refractivity contribution is -0.118. The Morgan fingerprint density at radius 1 is 1.30 bits per heavy atom. The van der Waals surface area contributed by atoms with Gasteiger partial charge >= 0.3 is 0 Å². The predicted molar refractivity (Wildman–Crippen MR) is 88.9 cm³/mol. The molecule has 0 aliphatic carbocycles. The van der Waals surface area contributed by atoms with Crippen LogP contribution in [0.15, 0.2) is 42.6 Å². The third kappa shape index (κ3) is 5.52. The highest BCUT2D eigenvalue weighted by Crippen LogP contribution is 2.22. The van der Waals surface area contributed by atoms with Gasteiger partial charge in [0.2, 0.25) is 11.8 Å². The summed E-state index contributed by atoms with van der Waals surface area (Å²) in [6, 6.07) is 10.3. The van der Waals surface area contributed by atoms with E-state index in [2.05, 4.69) is 10.3 Å². The molecular weight excluding hydrogens is 318 g/mol. The molecule has 3 N–H and O–H groups in total. The van der Waals surface area contributed by atoms with Crippen LogP contribution < -0.4 is 15.8 Å². The fraction of sp³-hybridized carbons (Fsp3) is 0.250. The number of aromatic nitrogens is 1. The van der Waals surface area contributed by atoms with Gasteiger partial charge in [0.1, 0.15) is 5.75 Å². The second-order valence-corrected chi connectivity index (χ2v) is 5.22. The van der Waals surface area contributed by atoms with Gasteiger partial charge in [0.05, 0.1) is 17.5 Å². The number of nitrogens with two attached hydrogens (primary N) is 1.